The third-order valence-corrected chi connectivity index (χ3v) is 4.22. The zero-order valence-corrected chi connectivity index (χ0v) is 15.7. The van der Waals surface area contributed by atoms with Crippen LogP contribution in [-0.2, 0) is 9.53 Å². The molecule has 1 aromatic heterocycles. The number of hydrogen-bond acceptors (Lipinski definition) is 9. The number of carbonyl (C=O) groups excluding carboxylic acids is 1. The Morgan fingerprint density at radius 1 is 1.20 bits per heavy atom. The molecule has 1 atom stereocenters. The summed E-state index contributed by atoms with van der Waals surface area (Å²) in [6.45, 7) is 1.56. The van der Waals surface area contributed by atoms with E-state index in [1.807, 2.05) is 30.3 Å². The highest BCUT2D eigenvalue weighted by Gasteiger charge is 2.23. The van der Waals surface area contributed by atoms with Gasteiger partial charge in [-0.25, -0.2) is 4.79 Å². The van der Waals surface area contributed by atoms with Crippen LogP contribution < -0.4 is 9.47 Å². The molecule has 1 aliphatic heterocycles. The Balaban J connectivity index is 1.46. The lowest BCUT2D eigenvalue weighted by Crippen LogP contribution is -2.06. The van der Waals surface area contributed by atoms with E-state index in [2.05, 4.69) is 10.2 Å². The highest BCUT2D eigenvalue weighted by Crippen LogP contribution is 2.38. The fourth-order valence-electron chi connectivity index (χ4n) is 2.76. The molecular weight excluding hydrogens is 394 g/mol. The van der Waals surface area contributed by atoms with E-state index in [9.17, 15) is 14.9 Å². The Bertz CT molecular complexity index is 1120. The maximum atomic E-state index is 12.2. The number of benzene rings is 2. The molecule has 0 radical (unpaired) electrons. The summed E-state index contributed by atoms with van der Waals surface area (Å²) in [4.78, 5) is 22.9. The van der Waals surface area contributed by atoms with Crippen LogP contribution in [0.15, 0.2) is 53.0 Å². The van der Waals surface area contributed by atoms with Crippen LogP contribution in [0.1, 0.15) is 24.5 Å². The lowest BCUT2D eigenvalue weighted by molar-refractivity contribution is -0.385. The summed E-state index contributed by atoms with van der Waals surface area (Å²) in [5.74, 6) is 0.348. The second kappa shape index (κ2) is 8.03. The van der Waals surface area contributed by atoms with Crippen LogP contribution in [0.5, 0.6) is 11.5 Å². The van der Waals surface area contributed by atoms with Gasteiger partial charge in [-0.1, -0.05) is 18.2 Å². The van der Waals surface area contributed by atoms with Crippen LogP contribution in [0.25, 0.3) is 17.5 Å². The maximum Gasteiger partial charge on any atom is 0.331 e. The van der Waals surface area contributed by atoms with Crippen molar-refractivity contribution in [1.29, 1.82) is 0 Å². The van der Waals surface area contributed by atoms with E-state index in [1.165, 1.54) is 18.2 Å². The predicted molar refractivity (Wildman–Crippen MR) is 102 cm³/mol. The monoisotopic (exact) mass is 409 g/mol. The predicted octanol–water partition coefficient (Wildman–Crippen LogP) is 3.69. The first-order valence-corrected chi connectivity index (χ1v) is 8.87. The molecule has 0 N–H and O–H groups in total. The highest BCUT2D eigenvalue weighted by molar-refractivity contribution is 5.88. The Labute approximate surface area is 169 Å². The summed E-state index contributed by atoms with van der Waals surface area (Å²) in [5, 5.41) is 19.1. The van der Waals surface area contributed by atoms with Crippen LogP contribution in [0.4, 0.5) is 5.69 Å². The van der Waals surface area contributed by atoms with E-state index in [0.29, 0.717) is 11.6 Å². The van der Waals surface area contributed by atoms with Gasteiger partial charge in [-0.05, 0) is 31.2 Å². The van der Waals surface area contributed by atoms with Gasteiger partial charge in [0.1, 0.15) is 0 Å². The molecule has 0 saturated carbocycles. The van der Waals surface area contributed by atoms with Gasteiger partial charge in [0, 0.05) is 11.6 Å². The van der Waals surface area contributed by atoms with Crippen molar-refractivity contribution < 1.29 is 28.3 Å². The largest absolute Gasteiger partial charge is 0.454 e. The van der Waals surface area contributed by atoms with Gasteiger partial charge in [0.05, 0.1) is 16.6 Å². The van der Waals surface area contributed by atoms with Gasteiger partial charge in [0.25, 0.3) is 11.6 Å². The van der Waals surface area contributed by atoms with Gasteiger partial charge in [-0.3, -0.25) is 10.1 Å². The normalized spacial score (nSPS) is 13.4. The van der Waals surface area contributed by atoms with Crippen LogP contribution in [0.2, 0.25) is 0 Å². The van der Waals surface area contributed by atoms with Crippen LogP contribution in [0.3, 0.4) is 0 Å². The summed E-state index contributed by atoms with van der Waals surface area (Å²) < 4.78 is 21.2. The van der Waals surface area contributed by atoms with E-state index < -0.39 is 17.0 Å². The molecule has 2 heterocycles. The van der Waals surface area contributed by atoms with Gasteiger partial charge in [0.15, 0.2) is 17.6 Å². The fourth-order valence-corrected chi connectivity index (χ4v) is 2.76. The summed E-state index contributed by atoms with van der Waals surface area (Å²) in [7, 11) is 0. The molecule has 0 unspecified atom stereocenters. The number of aromatic nitrogens is 2. The quantitative estimate of drug-likeness (QED) is 0.259. The Hall–Kier alpha value is -4.21. The molecule has 0 fully saturated rings. The second-order valence-corrected chi connectivity index (χ2v) is 6.25. The minimum Gasteiger partial charge on any atom is -0.454 e. The smallest absolute Gasteiger partial charge is 0.331 e. The first-order valence-electron chi connectivity index (χ1n) is 8.87. The minimum absolute atomic E-state index is 0.0195. The second-order valence-electron chi connectivity index (χ2n) is 6.25. The number of esters is 1. The van der Waals surface area contributed by atoms with Gasteiger partial charge in [0.2, 0.25) is 12.7 Å². The van der Waals surface area contributed by atoms with Crippen molar-refractivity contribution in [2.24, 2.45) is 0 Å². The summed E-state index contributed by atoms with van der Waals surface area (Å²) in [5.41, 5.74) is 0.698. The lowest BCUT2D eigenvalue weighted by atomic mass is 10.1. The molecule has 1 aliphatic rings. The number of nitro groups is 1. The maximum absolute atomic E-state index is 12.2. The summed E-state index contributed by atoms with van der Waals surface area (Å²) >= 11 is 0. The number of fused-ring (bicyclic) bond motifs is 1. The molecule has 0 amide bonds. The third kappa shape index (κ3) is 3.97. The van der Waals surface area contributed by atoms with Crippen LogP contribution in [0, 0.1) is 10.1 Å². The first-order chi connectivity index (χ1) is 14.5. The number of ether oxygens (including phenoxy) is 3. The zero-order chi connectivity index (χ0) is 21.1. The molecule has 30 heavy (non-hydrogen) atoms. The highest BCUT2D eigenvalue weighted by atomic mass is 16.7. The zero-order valence-electron chi connectivity index (χ0n) is 15.7. The van der Waals surface area contributed by atoms with Crippen molar-refractivity contribution in [3.05, 3.63) is 70.1 Å². The Morgan fingerprint density at radius 2 is 1.93 bits per heavy atom. The minimum atomic E-state index is -0.807. The Kier molecular flexibility index (Phi) is 5.12. The first kappa shape index (κ1) is 19.1. The molecule has 4 rings (SSSR count). The van der Waals surface area contributed by atoms with Crippen molar-refractivity contribution >= 4 is 17.7 Å². The number of hydrogen-bond donors (Lipinski definition) is 0. The lowest BCUT2D eigenvalue weighted by Gasteiger charge is -2.07. The van der Waals surface area contributed by atoms with E-state index >= 15 is 0 Å². The fraction of sp³-hybridized carbons (Fsp3) is 0.150. The Morgan fingerprint density at radius 3 is 2.67 bits per heavy atom. The topological polar surface area (TPSA) is 127 Å². The van der Waals surface area contributed by atoms with E-state index in [4.69, 9.17) is 18.6 Å². The number of carbonyl (C=O) groups is 1. The van der Waals surface area contributed by atoms with Gasteiger partial charge >= 0.3 is 5.97 Å². The molecule has 3 aromatic rings. The molecule has 152 valence electrons. The number of nitro benzene ring substituents is 1. The van der Waals surface area contributed by atoms with Crippen molar-refractivity contribution in [1.82, 2.24) is 10.2 Å². The average Bonchev–Trinajstić information content (AvgIpc) is 3.41. The third-order valence-electron chi connectivity index (χ3n) is 4.22. The van der Waals surface area contributed by atoms with Crippen LogP contribution >= 0.6 is 0 Å². The van der Waals surface area contributed by atoms with Crippen LogP contribution in [-0.4, -0.2) is 27.9 Å². The van der Waals surface area contributed by atoms with Gasteiger partial charge < -0.3 is 18.6 Å². The molecule has 0 saturated heterocycles. The van der Waals surface area contributed by atoms with Crippen molar-refractivity contribution in [3.8, 4) is 23.0 Å². The van der Waals surface area contributed by atoms with Crippen molar-refractivity contribution in [3.63, 3.8) is 0 Å². The number of rotatable bonds is 6. The molecule has 10 heteroatoms. The molecular formula is C20H15N3O7. The standard InChI is InChI=1S/C20H15N3O7/c1-12(19-21-22-20(30-19)13-5-3-2-4-6-13)29-18(24)8-7-14-9-16-17(28-11-27-16)10-15(14)23(25)26/h2-10,12H,11H2,1H3/b8-7+/t12-/m0/s1. The van der Waals surface area contributed by atoms with Gasteiger partial charge in [-0.2, -0.15) is 0 Å². The molecule has 10 nitrogen and oxygen atoms in total. The average molecular weight is 409 g/mol. The SMILES string of the molecule is C[C@H](OC(=O)/C=C/c1cc2c(cc1[N+](=O)[O-])OCO2)c1nnc(-c2ccccc2)o1. The van der Waals surface area contributed by atoms with Crippen molar-refractivity contribution in [2.75, 3.05) is 6.79 Å². The number of nitrogens with zero attached hydrogens (tertiary/aromatic N) is 3. The molecule has 2 aromatic carbocycles. The van der Waals surface area contributed by atoms with Gasteiger partial charge in [-0.15, -0.1) is 10.2 Å². The summed E-state index contributed by atoms with van der Waals surface area (Å²) in [6, 6.07) is 11.8. The van der Waals surface area contributed by atoms with E-state index in [0.717, 1.165) is 11.6 Å². The molecule has 0 spiro atoms. The van der Waals surface area contributed by atoms with E-state index in [1.54, 1.807) is 6.92 Å². The molecule has 0 bridgehead atoms. The molecule has 0 aliphatic carbocycles. The van der Waals surface area contributed by atoms with E-state index in [-0.39, 0.29) is 29.7 Å². The van der Waals surface area contributed by atoms with Crippen molar-refractivity contribution in [2.45, 2.75) is 13.0 Å². The summed E-state index contributed by atoms with van der Waals surface area (Å²) in [6.07, 6.45) is 1.55.